The summed E-state index contributed by atoms with van der Waals surface area (Å²) in [5, 5.41) is 0.322. The Morgan fingerprint density at radius 1 is 1.22 bits per heavy atom. The molecular weight excluding hydrogens is 282 g/mol. The van der Waals surface area contributed by atoms with Gasteiger partial charge in [0.2, 0.25) is 0 Å². The summed E-state index contributed by atoms with van der Waals surface area (Å²) in [6.45, 7) is 0. The average molecular weight is 289 g/mol. The molecule has 0 aliphatic heterocycles. The van der Waals surface area contributed by atoms with Crippen molar-refractivity contribution in [1.82, 2.24) is 4.98 Å². The second-order valence-corrected chi connectivity index (χ2v) is 4.98. The summed E-state index contributed by atoms with van der Waals surface area (Å²) < 4.78 is 40.3. The molecule has 0 aliphatic carbocycles. The molecule has 0 radical (unpaired) electrons. The van der Waals surface area contributed by atoms with Crippen molar-refractivity contribution >= 4 is 28.3 Å². The molecule has 0 saturated carbocycles. The number of nitrogens with zero attached hydrogens (tertiary/aromatic N) is 1. The van der Waals surface area contributed by atoms with Crippen LogP contribution in [0.15, 0.2) is 41.6 Å². The molecule has 0 amide bonds. The zero-order valence-corrected chi connectivity index (χ0v) is 10.4. The number of anilines is 1. The first-order valence-corrected chi connectivity index (χ1v) is 6.33. The Labute approximate surface area is 109 Å². The molecule has 3 nitrogen and oxygen atoms in total. The van der Waals surface area contributed by atoms with Gasteiger partial charge in [-0.3, -0.25) is 9.71 Å². The van der Waals surface area contributed by atoms with E-state index in [0.717, 1.165) is 6.07 Å². The highest BCUT2D eigenvalue weighted by molar-refractivity contribution is 7.86. The van der Waals surface area contributed by atoms with Crippen LogP contribution in [-0.4, -0.2) is 9.19 Å². The maximum absolute atomic E-state index is 13.3. The summed E-state index contributed by atoms with van der Waals surface area (Å²) in [7, 11) is -1.72. The van der Waals surface area contributed by atoms with Gasteiger partial charge in [0, 0.05) is 18.5 Å². The van der Waals surface area contributed by atoms with Gasteiger partial charge in [-0.15, -0.1) is 0 Å². The number of pyridine rings is 1. The molecular formula is C11H7ClF2N2OS. The Bertz CT molecular complexity index is 609. The third-order valence-corrected chi connectivity index (χ3v) is 3.29. The van der Waals surface area contributed by atoms with E-state index in [0.29, 0.717) is 16.0 Å². The van der Waals surface area contributed by atoms with Crippen LogP contribution in [0.1, 0.15) is 0 Å². The summed E-state index contributed by atoms with van der Waals surface area (Å²) in [6.07, 6.45) is 2.73. The van der Waals surface area contributed by atoms with E-state index in [4.69, 9.17) is 11.6 Å². The molecule has 0 aliphatic rings. The molecule has 1 atom stereocenters. The summed E-state index contributed by atoms with van der Waals surface area (Å²) in [5.74, 6) is -1.52. The van der Waals surface area contributed by atoms with Crippen LogP contribution >= 0.6 is 11.6 Å². The minimum Gasteiger partial charge on any atom is -0.298 e. The number of rotatable bonds is 3. The van der Waals surface area contributed by atoms with Crippen LogP contribution in [-0.2, 0) is 11.0 Å². The first-order valence-electron chi connectivity index (χ1n) is 4.80. The third kappa shape index (κ3) is 3.02. The lowest BCUT2D eigenvalue weighted by molar-refractivity contribution is 0.586. The summed E-state index contributed by atoms with van der Waals surface area (Å²) >= 11 is 5.70. The molecule has 7 heteroatoms. The Hall–Kier alpha value is -1.53. The standard InChI is InChI=1S/C11H7ClF2N2OS/c12-7-3-9(6-15-5-7)18(17)16-11-2-1-8(13)4-10(11)14/h1-6,16H. The van der Waals surface area contributed by atoms with Gasteiger partial charge in [-0.1, -0.05) is 11.6 Å². The number of hydrogen-bond acceptors (Lipinski definition) is 2. The van der Waals surface area contributed by atoms with Gasteiger partial charge in [-0.2, -0.15) is 0 Å². The fraction of sp³-hybridized carbons (Fsp3) is 0. The summed E-state index contributed by atoms with van der Waals surface area (Å²) in [4.78, 5) is 4.06. The van der Waals surface area contributed by atoms with Crippen LogP contribution in [0.3, 0.4) is 0 Å². The quantitative estimate of drug-likeness (QED) is 0.943. The minimum absolute atomic E-state index is 0.0605. The molecule has 0 spiro atoms. The Morgan fingerprint density at radius 3 is 2.67 bits per heavy atom. The van der Waals surface area contributed by atoms with Crippen molar-refractivity contribution in [2.45, 2.75) is 4.90 Å². The fourth-order valence-electron chi connectivity index (χ4n) is 1.22. The fourth-order valence-corrected chi connectivity index (χ4v) is 2.34. The number of hydrogen-bond donors (Lipinski definition) is 1. The van der Waals surface area contributed by atoms with E-state index in [-0.39, 0.29) is 5.69 Å². The number of nitrogens with one attached hydrogen (secondary N) is 1. The first-order chi connectivity index (χ1) is 8.56. The Kier molecular flexibility index (Phi) is 3.88. The molecule has 1 heterocycles. The van der Waals surface area contributed by atoms with Crippen LogP contribution in [0.25, 0.3) is 0 Å². The zero-order chi connectivity index (χ0) is 13.1. The van der Waals surface area contributed by atoms with E-state index in [2.05, 4.69) is 9.71 Å². The molecule has 2 aromatic rings. The van der Waals surface area contributed by atoms with Gasteiger partial charge in [0.15, 0.2) is 11.0 Å². The van der Waals surface area contributed by atoms with Crippen molar-refractivity contribution in [1.29, 1.82) is 0 Å². The molecule has 1 aromatic heterocycles. The van der Waals surface area contributed by atoms with E-state index < -0.39 is 22.6 Å². The zero-order valence-electron chi connectivity index (χ0n) is 8.86. The van der Waals surface area contributed by atoms with E-state index >= 15 is 0 Å². The minimum atomic E-state index is -1.72. The van der Waals surface area contributed by atoms with Crippen LogP contribution in [0.2, 0.25) is 5.02 Å². The lowest BCUT2D eigenvalue weighted by Crippen LogP contribution is -2.06. The largest absolute Gasteiger partial charge is 0.298 e. The van der Waals surface area contributed by atoms with Gasteiger partial charge in [-0.25, -0.2) is 13.0 Å². The van der Waals surface area contributed by atoms with E-state index in [1.807, 2.05) is 0 Å². The van der Waals surface area contributed by atoms with Gasteiger partial charge in [0.05, 0.1) is 15.6 Å². The van der Waals surface area contributed by atoms with Crippen LogP contribution < -0.4 is 4.72 Å². The van der Waals surface area contributed by atoms with Crippen molar-refractivity contribution in [2.24, 2.45) is 0 Å². The van der Waals surface area contributed by atoms with Crippen molar-refractivity contribution < 1.29 is 13.0 Å². The molecule has 2 rings (SSSR count). The number of halogens is 3. The summed E-state index contributed by atoms with van der Waals surface area (Å²) in [5.41, 5.74) is -0.0605. The Morgan fingerprint density at radius 2 is 2.00 bits per heavy atom. The van der Waals surface area contributed by atoms with E-state index in [1.165, 1.54) is 24.5 Å². The highest BCUT2D eigenvalue weighted by Crippen LogP contribution is 2.18. The molecule has 18 heavy (non-hydrogen) atoms. The predicted octanol–water partition coefficient (Wildman–Crippen LogP) is 3.15. The van der Waals surface area contributed by atoms with Crippen molar-refractivity contribution in [3.8, 4) is 0 Å². The van der Waals surface area contributed by atoms with Gasteiger partial charge >= 0.3 is 0 Å². The summed E-state index contributed by atoms with van der Waals surface area (Å²) in [6, 6.07) is 4.38. The normalized spacial score (nSPS) is 12.2. The monoisotopic (exact) mass is 288 g/mol. The van der Waals surface area contributed by atoms with Gasteiger partial charge in [0.1, 0.15) is 11.6 Å². The van der Waals surface area contributed by atoms with Crippen molar-refractivity contribution in [2.75, 3.05) is 4.72 Å². The topological polar surface area (TPSA) is 42.0 Å². The molecule has 1 unspecified atom stereocenters. The highest BCUT2D eigenvalue weighted by atomic mass is 35.5. The SMILES string of the molecule is O=S(Nc1ccc(F)cc1F)c1cncc(Cl)c1. The van der Waals surface area contributed by atoms with Crippen molar-refractivity contribution in [3.63, 3.8) is 0 Å². The van der Waals surface area contributed by atoms with Crippen LogP contribution in [0.4, 0.5) is 14.5 Å². The second kappa shape index (κ2) is 5.41. The molecule has 1 aromatic carbocycles. The first kappa shape index (κ1) is 12.9. The van der Waals surface area contributed by atoms with E-state index in [1.54, 1.807) is 0 Å². The molecule has 1 N–H and O–H groups in total. The Balaban J connectivity index is 2.21. The van der Waals surface area contributed by atoms with Crippen LogP contribution in [0.5, 0.6) is 0 Å². The van der Waals surface area contributed by atoms with E-state index in [9.17, 15) is 13.0 Å². The van der Waals surface area contributed by atoms with Crippen LogP contribution in [0, 0.1) is 11.6 Å². The number of aromatic nitrogens is 1. The second-order valence-electron chi connectivity index (χ2n) is 3.33. The third-order valence-electron chi connectivity index (χ3n) is 2.03. The average Bonchev–Trinajstić information content (AvgIpc) is 2.32. The molecule has 0 fully saturated rings. The van der Waals surface area contributed by atoms with Gasteiger partial charge < -0.3 is 0 Å². The van der Waals surface area contributed by atoms with Crippen molar-refractivity contribution in [3.05, 3.63) is 53.3 Å². The maximum Gasteiger partial charge on any atom is 0.152 e. The molecule has 94 valence electrons. The lowest BCUT2D eigenvalue weighted by atomic mass is 10.3. The molecule has 0 saturated heterocycles. The predicted molar refractivity (Wildman–Crippen MR) is 65.6 cm³/mol. The smallest absolute Gasteiger partial charge is 0.152 e. The van der Waals surface area contributed by atoms with Gasteiger partial charge in [-0.05, 0) is 18.2 Å². The maximum atomic E-state index is 13.3. The lowest BCUT2D eigenvalue weighted by Gasteiger charge is -2.07. The van der Waals surface area contributed by atoms with Gasteiger partial charge in [0.25, 0.3) is 0 Å². The highest BCUT2D eigenvalue weighted by Gasteiger charge is 2.09. The molecule has 0 bridgehead atoms. The number of benzene rings is 1.